The Morgan fingerprint density at radius 1 is 1.09 bits per heavy atom. The maximum Gasteiger partial charge on any atom is 0.331 e. The van der Waals surface area contributed by atoms with Gasteiger partial charge in [-0.3, -0.25) is 9.48 Å². The first-order valence-electron chi connectivity index (χ1n) is 11.4. The van der Waals surface area contributed by atoms with E-state index in [2.05, 4.69) is 41.6 Å². The normalized spacial score (nSPS) is 13.1. The number of ether oxygens (including phenoxy) is 3. The monoisotopic (exact) mass is 475 g/mol. The Balaban J connectivity index is 1.30. The zero-order valence-electron chi connectivity index (χ0n) is 20.3. The van der Waals surface area contributed by atoms with E-state index in [1.54, 1.807) is 12.1 Å². The Hall–Kier alpha value is -4.07. The van der Waals surface area contributed by atoms with Crippen molar-refractivity contribution < 1.29 is 23.8 Å². The minimum atomic E-state index is -0.937. The fourth-order valence-electron chi connectivity index (χ4n) is 3.77. The van der Waals surface area contributed by atoms with Crippen LogP contribution < -0.4 is 14.8 Å². The number of fused-ring (bicyclic) bond motifs is 1. The number of esters is 1. The quantitative estimate of drug-likeness (QED) is 0.393. The van der Waals surface area contributed by atoms with Gasteiger partial charge in [0.25, 0.3) is 5.91 Å². The highest BCUT2D eigenvalue weighted by Gasteiger charge is 2.18. The van der Waals surface area contributed by atoms with Gasteiger partial charge in [-0.1, -0.05) is 35.9 Å². The summed E-state index contributed by atoms with van der Waals surface area (Å²) in [5.41, 5.74) is 5.83. The van der Waals surface area contributed by atoms with Crippen LogP contribution in [0.5, 0.6) is 11.5 Å². The minimum Gasteiger partial charge on any atom is -0.454 e. The van der Waals surface area contributed by atoms with Crippen molar-refractivity contribution >= 4 is 18.0 Å². The maximum absolute atomic E-state index is 12.4. The number of hydrogen-bond acceptors (Lipinski definition) is 6. The second-order valence-corrected chi connectivity index (χ2v) is 8.55. The van der Waals surface area contributed by atoms with Crippen molar-refractivity contribution in [3.05, 3.63) is 82.2 Å². The third-order valence-corrected chi connectivity index (χ3v) is 5.84. The van der Waals surface area contributed by atoms with Crippen molar-refractivity contribution in [3.63, 3.8) is 0 Å². The Kier molecular flexibility index (Phi) is 7.19. The number of hydrogen-bond donors (Lipinski definition) is 1. The highest BCUT2D eigenvalue weighted by atomic mass is 16.7. The predicted octanol–water partition coefficient (Wildman–Crippen LogP) is 3.85. The molecule has 1 atom stereocenters. The van der Waals surface area contributed by atoms with Crippen molar-refractivity contribution in [2.75, 3.05) is 6.79 Å². The molecule has 2 heterocycles. The lowest BCUT2D eigenvalue weighted by atomic mass is 10.1. The molecule has 0 saturated carbocycles. The van der Waals surface area contributed by atoms with E-state index in [4.69, 9.17) is 14.2 Å². The molecule has 4 rings (SSSR count). The van der Waals surface area contributed by atoms with Crippen molar-refractivity contribution in [2.24, 2.45) is 0 Å². The van der Waals surface area contributed by atoms with Gasteiger partial charge in [0.1, 0.15) is 0 Å². The van der Waals surface area contributed by atoms with E-state index in [1.807, 2.05) is 30.7 Å². The Morgan fingerprint density at radius 3 is 2.57 bits per heavy atom. The van der Waals surface area contributed by atoms with Gasteiger partial charge in [0.2, 0.25) is 6.79 Å². The molecule has 0 bridgehead atoms. The second-order valence-electron chi connectivity index (χ2n) is 8.55. The van der Waals surface area contributed by atoms with Gasteiger partial charge in [0.05, 0.1) is 12.2 Å². The molecule has 1 aliphatic heterocycles. The number of rotatable bonds is 8. The van der Waals surface area contributed by atoms with Crippen LogP contribution in [0.15, 0.2) is 48.5 Å². The SMILES string of the molecule is Cc1ccc(Cn2nc(C)c(/C=C/C(=O)OC(C)C(=O)NCc3ccc4c(c3)OCO4)c2C)cc1. The molecule has 0 spiro atoms. The molecule has 1 unspecified atom stereocenters. The number of amides is 1. The summed E-state index contributed by atoms with van der Waals surface area (Å²) in [6.07, 6.45) is 2.07. The number of carbonyl (C=O) groups excluding carboxylic acids is 2. The summed E-state index contributed by atoms with van der Waals surface area (Å²) in [6.45, 7) is 8.58. The number of nitrogens with one attached hydrogen (secondary N) is 1. The average molecular weight is 476 g/mol. The number of nitrogens with zero attached hydrogens (tertiary/aromatic N) is 2. The molecular formula is C27H29N3O5. The summed E-state index contributed by atoms with van der Waals surface area (Å²) >= 11 is 0. The maximum atomic E-state index is 12.4. The molecule has 0 radical (unpaired) electrons. The summed E-state index contributed by atoms with van der Waals surface area (Å²) in [5, 5.41) is 7.37. The first kappa shape index (κ1) is 24.1. The molecule has 3 aromatic rings. The summed E-state index contributed by atoms with van der Waals surface area (Å²) in [7, 11) is 0. The van der Waals surface area contributed by atoms with E-state index in [0.29, 0.717) is 18.0 Å². The third-order valence-electron chi connectivity index (χ3n) is 5.84. The molecule has 8 heteroatoms. The standard InChI is InChI=1S/C27H29N3O5/c1-17-5-7-21(8-6-17)15-30-19(3)23(18(2)29-30)10-12-26(31)35-20(4)27(32)28-14-22-9-11-24-25(13-22)34-16-33-24/h5-13,20H,14-16H2,1-4H3,(H,28,32)/b12-10+. The van der Waals surface area contributed by atoms with Crippen molar-refractivity contribution in [2.45, 2.75) is 46.9 Å². The van der Waals surface area contributed by atoms with E-state index >= 15 is 0 Å². The summed E-state index contributed by atoms with van der Waals surface area (Å²) < 4.78 is 17.8. The van der Waals surface area contributed by atoms with Gasteiger partial charge in [-0.15, -0.1) is 0 Å². The molecule has 0 saturated heterocycles. The van der Waals surface area contributed by atoms with Crippen LogP contribution in [0.2, 0.25) is 0 Å². The van der Waals surface area contributed by atoms with Crippen LogP contribution in [0.3, 0.4) is 0 Å². The van der Waals surface area contributed by atoms with Crippen LogP contribution in [0.4, 0.5) is 0 Å². The lowest BCUT2D eigenvalue weighted by Crippen LogP contribution is -2.35. The first-order valence-corrected chi connectivity index (χ1v) is 11.4. The smallest absolute Gasteiger partial charge is 0.331 e. The number of benzene rings is 2. The van der Waals surface area contributed by atoms with Crippen LogP contribution in [-0.4, -0.2) is 34.6 Å². The van der Waals surface area contributed by atoms with Gasteiger partial charge in [-0.05, 0) is 57.0 Å². The van der Waals surface area contributed by atoms with Crippen LogP contribution in [0.1, 0.15) is 40.6 Å². The predicted molar refractivity (Wildman–Crippen MR) is 131 cm³/mol. The molecule has 2 aromatic carbocycles. The van der Waals surface area contributed by atoms with Crippen LogP contribution in [-0.2, 0) is 27.4 Å². The van der Waals surface area contributed by atoms with Gasteiger partial charge >= 0.3 is 5.97 Å². The number of aromatic nitrogens is 2. The van der Waals surface area contributed by atoms with Gasteiger partial charge in [0.15, 0.2) is 17.6 Å². The zero-order chi connectivity index (χ0) is 24.9. The van der Waals surface area contributed by atoms with E-state index in [-0.39, 0.29) is 19.2 Å². The fourth-order valence-corrected chi connectivity index (χ4v) is 3.77. The molecule has 0 aliphatic carbocycles. The average Bonchev–Trinajstić information content (AvgIpc) is 3.41. The number of carbonyl (C=O) groups is 2. The van der Waals surface area contributed by atoms with Crippen molar-refractivity contribution in [1.29, 1.82) is 0 Å². The zero-order valence-corrected chi connectivity index (χ0v) is 20.3. The highest BCUT2D eigenvalue weighted by Crippen LogP contribution is 2.32. The van der Waals surface area contributed by atoms with E-state index in [0.717, 1.165) is 28.1 Å². The topological polar surface area (TPSA) is 91.7 Å². The molecule has 1 aliphatic rings. The van der Waals surface area contributed by atoms with Gasteiger partial charge < -0.3 is 19.5 Å². The molecule has 35 heavy (non-hydrogen) atoms. The fraction of sp³-hybridized carbons (Fsp3) is 0.296. The third kappa shape index (κ3) is 5.90. The summed E-state index contributed by atoms with van der Waals surface area (Å²) in [4.78, 5) is 24.7. The van der Waals surface area contributed by atoms with E-state index in [9.17, 15) is 9.59 Å². The molecule has 0 fully saturated rings. The minimum absolute atomic E-state index is 0.193. The lowest BCUT2D eigenvalue weighted by Gasteiger charge is -2.12. The Labute approximate surface area is 204 Å². The van der Waals surface area contributed by atoms with E-state index < -0.39 is 12.1 Å². The number of aryl methyl sites for hydroxylation is 2. The first-order chi connectivity index (χ1) is 16.8. The van der Waals surface area contributed by atoms with Crippen molar-refractivity contribution in [3.8, 4) is 11.5 Å². The molecular weight excluding hydrogens is 446 g/mol. The second kappa shape index (κ2) is 10.5. The highest BCUT2D eigenvalue weighted by molar-refractivity contribution is 5.90. The van der Waals surface area contributed by atoms with Crippen LogP contribution in [0, 0.1) is 20.8 Å². The Morgan fingerprint density at radius 2 is 1.80 bits per heavy atom. The van der Waals surface area contributed by atoms with Gasteiger partial charge in [0, 0.05) is 23.9 Å². The van der Waals surface area contributed by atoms with Gasteiger partial charge in [-0.2, -0.15) is 5.10 Å². The van der Waals surface area contributed by atoms with Gasteiger partial charge in [-0.25, -0.2) is 4.79 Å². The molecule has 1 aromatic heterocycles. The summed E-state index contributed by atoms with van der Waals surface area (Å²) in [5.74, 6) is 0.345. The van der Waals surface area contributed by atoms with Crippen molar-refractivity contribution in [1.82, 2.24) is 15.1 Å². The Bertz CT molecular complexity index is 1260. The van der Waals surface area contributed by atoms with Crippen LogP contribution >= 0.6 is 0 Å². The molecule has 1 amide bonds. The lowest BCUT2D eigenvalue weighted by molar-refractivity contribution is -0.150. The largest absolute Gasteiger partial charge is 0.454 e. The van der Waals surface area contributed by atoms with E-state index in [1.165, 1.54) is 18.6 Å². The summed E-state index contributed by atoms with van der Waals surface area (Å²) in [6, 6.07) is 13.8. The molecule has 1 N–H and O–H groups in total. The molecule has 182 valence electrons. The molecule has 8 nitrogen and oxygen atoms in total. The van der Waals surface area contributed by atoms with Crippen LogP contribution in [0.25, 0.3) is 6.08 Å².